The Balaban J connectivity index is 2.71. The van der Waals surface area contributed by atoms with Crippen LogP contribution in [0.2, 0.25) is 0 Å². The molecule has 92 valence electrons. The molecule has 0 aliphatic rings. The van der Waals surface area contributed by atoms with Crippen LogP contribution in [0.25, 0.3) is 11.0 Å². The molecule has 0 aliphatic carbocycles. The number of alkyl halides is 3. The van der Waals surface area contributed by atoms with E-state index in [1.54, 1.807) is 0 Å². The van der Waals surface area contributed by atoms with Gasteiger partial charge in [0.1, 0.15) is 17.9 Å². The molecular weight excluding hydrogens is 305 g/mol. The van der Waals surface area contributed by atoms with Gasteiger partial charge < -0.3 is 4.98 Å². The molecule has 0 spiro atoms. The summed E-state index contributed by atoms with van der Waals surface area (Å²) in [4.78, 5) is 17.8. The molecule has 0 atom stereocenters. The average Bonchev–Trinajstić information content (AvgIpc) is 2.39. The maximum atomic E-state index is 12.3. The van der Waals surface area contributed by atoms with Gasteiger partial charge in [-0.1, -0.05) is 0 Å². The van der Waals surface area contributed by atoms with Crippen molar-refractivity contribution in [2.75, 3.05) is 0 Å². The van der Waals surface area contributed by atoms with Crippen molar-refractivity contribution in [1.29, 1.82) is 0 Å². The Hall–Kier alpha value is -1.38. The molecule has 0 saturated heterocycles. The summed E-state index contributed by atoms with van der Waals surface area (Å²) in [6.07, 6.45) is -4.45. The first kappa shape index (κ1) is 12.1. The van der Waals surface area contributed by atoms with E-state index in [4.69, 9.17) is 0 Å². The number of hydrogen-bond acceptors (Lipinski definition) is 3. The second-order valence-corrected chi connectivity index (χ2v) is 4.16. The Morgan fingerprint density at radius 3 is 2.71 bits per heavy atom. The molecule has 0 bridgehead atoms. The summed E-state index contributed by atoms with van der Waals surface area (Å²) in [5, 5.41) is 3.61. The van der Waals surface area contributed by atoms with E-state index in [1.165, 1.54) is 6.92 Å². The number of aryl methyl sites for hydroxylation is 1. The Morgan fingerprint density at radius 1 is 1.47 bits per heavy atom. The van der Waals surface area contributed by atoms with Crippen molar-refractivity contribution < 1.29 is 13.2 Å². The van der Waals surface area contributed by atoms with Crippen molar-refractivity contribution in [1.82, 2.24) is 19.7 Å². The number of nitrogens with zero attached hydrogens (tertiary/aromatic N) is 3. The van der Waals surface area contributed by atoms with Crippen molar-refractivity contribution >= 4 is 27.0 Å². The van der Waals surface area contributed by atoms with Gasteiger partial charge in [-0.05, 0) is 22.9 Å². The summed E-state index contributed by atoms with van der Waals surface area (Å²) in [6.45, 7) is 0.206. The van der Waals surface area contributed by atoms with E-state index in [-0.39, 0.29) is 15.6 Å². The lowest BCUT2D eigenvalue weighted by Gasteiger charge is -2.06. The molecule has 2 heterocycles. The van der Waals surface area contributed by atoms with Crippen molar-refractivity contribution in [3.8, 4) is 0 Å². The van der Waals surface area contributed by atoms with Crippen molar-refractivity contribution in [2.45, 2.75) is 19.6 Å². The third-order valence-corrected chi connectivity index (χ3v) is 2.54. The molecule has 5 nitrogen and oxygen atoms in total. The molecule has 9 heteroatoms. The number of halogens is 4. The monoisotopic (exact) mass is 310 g/mol. The van der Waals surface area contributed by atoms with E-state index in [9.17, 15) is 18.0 Å². The molecule has 0 amide bonds. The fraction of sp³-hybridized carbons (Fsp3) is 0.375. The molecule has 0 saturated carbocycles. The number of fused-ring (bicyclic) bond motifs is 1. The molecule has 2 aromatic rings. The summed E-state index contributed by atoms with van der Waals surface area (Å²) >= 11 is 2.98. The van der Waals surface area contributed by atoms with Crippen LogP contribution in [-0.4, -0.2) is 25.9 Å². The number of nitrogens with one attached hydrogen (secondary N) is 1. The first-order valence-electron chi connectivity index (χ1n) is 4.47. The minimum atomic E-state index is -4.45. The minimum absolute atomic E-state index is 0.117. The largest absolute Gasteiger partial charge is 0.408 e. The van der Waals surface area contributed by atoms with E-state index in [2.05, 4.69) is 31.0 Å². The zero-order valence-corrected chi connectivity index (χ0v) is 10.1. The highest BCUT2D eigenvalue weighted by atomic mass is 79.9. The molecule has 0 unspecified atom stereocenters. The van der Waals surface area contributed by atoms with Gasteiger partial charge >= 0.3 is 6.18 Å². The molecule has 17 heavy (non-hydrogen) atoms. The van der Waals surface area contributed by atoms with Crippen molar-refractivity contribution in [2.24, 2.45) is 0 Å². The van der Waals surface area contributed by atoms with Gasteiger partial charge in [0.2, 0.25) is 0 Å². The summed E-state index contributed by atoms with van der Waals surface area (Å²) < 4.78 is 37.5. The van der Waals surface area contributed by atoms with Gasteiger partial charge in [-0.2, -0.15) is 18.3 Å². The quantitative estimate of drug-likeness (QED) is 0.873. The third-order valence-electron chi connectivity index (χ3n) is 2.00. The molecule has 1 N–H and O–H groups in total. The van der Waals surface area contributed by atoms with E-state index in [0.717, 1.165) is 0 Å². The smallest absolute Gasteiger partial charge is 0.309 e. The number of hydrogen-bond donors (Lipinski definition) is 1. The molecule has 0 aromatic carbocycles. The second kappa shape index (κ2) is 3.83. The van der Waals surface area contributed by atoms with E-state index < -0.39 is 18.3 Å². The maximum absolute atomic E-state index is 12.3. The Kier molecular flexibility index (Phi) is 2.72. The van der Waals surface area contributed by atoms with Crippen LogP contribution in [0.5, 0.6) is 0 Å². The highest BCUT2D eigenvalue weighted by molar-refractivity contribution is 9.10. The summed E-state index contributed by atoms with van der Waals surface area (Å²) in [5.74, 6) is 0.315. The predicted octanol–water partition coefficient (Wildman–Crippen LogP) is 1.75. The van der Waals surface area contributed by atoms with Crippen LogP contribution in [0.3, 0.4) is 0 Å². The summed E-state index contributed by atoms with van der Waals surface area (Å²) in [5.41, 5.74) is -0.717. The molecular formula is C8H6BrF3N4O. The fourth-order valence-corrected chi connectivity index (χ4v) is 1.92. The molecule has 0 aliphatic heterocycles. The van der Waals surface area contributed by atoms with Gasteiger partial charge in [0.05, 0.1) is 0 Å². The fourth-order valence-electron chi connectivity index (χ4n) is 1.45. The lowest BCUT2D eigenvalue weighted by Crippen LogP contribution is -2.22. The van der Waals surface area contributed by atoms with Gasteiger partial charge in [0.25, 0.3) is 5.56 Å². The average molecular weight is 311 g/mol. The second-order valence-electron chi connectivity index (χ2n) is 3.41. The SMILES string of the molecule is Cc1nc2c(Br)nn(CC(F)(F)F)c2c(=O)[nH]1. The van der Waals surface area contributed by atoms with Crippen LogP contribution >= 0.6 is 15.9 Å². The van der Waals surface area contributed by atoms with Gasteiger partial charge in [-0.15, -0.1) is 0 Å². The zero-order valence-electron chi connectivity index (χ0n) is 8.47. The molecule has 2 rings (SSSR count). The van der Waals surface area contributed by atoms with Crippen molar-refractivity contribution in [3.05, 3.63) is 20.8 Å². The van der Waals surface area contributed by atoms with Gasteiger partial charge in [-0.25, -0.2) is 9.67 Å². The number of aromatic nitrogens is 4. The normalized spacial score (nSPS) is 12.3. The maximum Gasteiger partial charge on any atom is 0.408 e. The molecule has 0 fully saturated rings. The minimum Gasteiger partial charge on any atom is -0.309 e. The summed E-state index contributed by atoms with van der Waals surface area (Å²) in [7, 11) is 0. The van der Waals surface area contributed by atoms with Gasteiger partial charge in [-0.3, -0.25) is 4.79 Å². The standard InChI is InChI=1S/C8H6BrF3N4O/c1-3-13-4-5(7(17)14-3)16(15-6(4)9)2-8(10,11)12/h2H2,1H3,(H,13,14,17). The first-order chi connectivity index (χ1) is 7.78. The summed E-state index contributed by atoms with van der Waals surface area (Å²) in [6, 6.07) is 0. The Morgan fingerprint density at radius 2 is 2.12 bits per heavy atom. The van der Waals surface area contributed by atoms with Crippen LogP contribution in [0.15, 0.2) is 9.40 Å². The molecule has 2 aromatic heterocycles. The number of aromatic amines is 1. The van der Waals surface area contributed by atoms with Crippen molar-refractivity contribution in [3.63, 3.8) is 0 Å². The van der Waals surface area contributed by atoms with Crippen LogP contribution in [0.4, 0.5) is 13.2 Å². The third kappa shape index (κ3) is 2.33. The molecule has 0 radical (unpaired) electrons. The number of rotatable bonds is 1. The van der Waals surface area contributed by atoms with Crippen LogP contribution in [0, 0.1) is 6.92 Å². The van der Waals surface area contributed by atoms with E-state index in [1.807, 2.05) is 0 Å². The number of H-pyrrole nitrogens is 1. The Bertz CT molecular complexity index is 630. The zero-order chi connectivity index (χ0) is 12.8. The highest BCUT2D eigenvalue weighted by Gasteiger charge is 2.30. The lowest BCUT2D eigenvalue weighted by molar-refractivity contribution is -0.141. The van der Waals surface area contributed by atoms with Crippen LogP contribution in [0.1, 0.15) is 5.82 Å². The van der Waals surface area contributed by atoms with Gasteiger partial charge in [0.15, 0.2) is 10.1 Å². The predicted molar refractivity (Wildman–Crippen MR) is 56.6 cm³/mol. The lowest BCUT2D eigenvalue weighted by atomic mass is 10.4. The van der Waals surface area contributed by atoms with Crippen LogP contribution < -0.4 is 5.56 Å². The van der Waals surface area contributed by atoms with Crippen LogP contribution in [-0.2, 0) is 6.54 Å². The van der Waals surface area contributed by atoms with E-state index >= 15 is 0 Å². The van der Waals surface area contributed by atoms with Gasteiger partial charge in [0, 0.05) is 0 Å². The Labute approximate surface area is 101 Å². The van der Waals surface area contributed by atoms with E-state index in [0.29, 0.717) is 10.5 Å². The topological polar surface area (TPSA) is 63.6 Å². The first-order valence-corrected chi connectivity index (χ1v) is 5.27. The highest BCUT2D eigenvalue weighted by Crippen LogP contribution is 2.23.